The number of nitrogens with zero attached hydrogens (tertiary/aromatic N) is 4. The number of imidazole rings is 1. The molecule has 1 N–H and O–H groups in total. The molecule has 1 amide bonds. The standard InChI is InChI=1S/C17H15F4N5O3/c1-17(20,21)12-9(18)4-8(5-10(12)19)23-11(27)6-26-7-22-14-13(26)15(28)25(3)16(29)24(14)2/h4-5,7H,6H2,1-3H3,(H,23,27). The third kappa shape index (κ3) is 3.52. The minimum Gasteiger partial charge on any atom is -0.324 e. The molecule has 29 heavy (non-hydrogen) atoms. The van der Waals surface area contributed by atoms with Gasteiger partial charge in [0.1, 0.15) is 18.2 Å². The highest BCUT2D eigenvalue weighted by atomic mass is 19.3. The molecule has 2 aromatic heterocycles. The zero-order valence-electron chi connectivity index (χ0n) is 15.5. The Morgan fingerprint density at radius 3 is 2.28 bits per heavy atom. The lowest BCUT2D eigenvalue weighted by Gasteiger charge is -2.14. The van der Waals surface area contributed by atoms with Crippen LogP contribution >= 0.6 is 0 Å². The number of benzene rings is 1. The number of aromatic nitrogens is 4. The number of hydrogen-bond donors (Lipinski definition) is 1. The lowest BCUT2D eigenvalue weighted by molar-refractivity contribution is -0.116. The van der Waals surface area contributed by atoms with E-state index in [0.717, 1.165) is 20.0 Å². The lowest BCUT2D eigenvalue weighted by Crippen LogP contribution is -2.37. The summed E-state index contributed by atoms with van der Waals surface area (Å²) in [4.78, 5) is 40.4. The van der Waals surface area contributed by atoms with Gasteiger partial charge in [-0.05, 0) is 12.1 Å². The molecule has 3 rings (SSSR count). The summed E-state index contributed by atoms with van der Waals surface area (Å²) in [6.07, 6.45) is 1.16. The SMILES string of the molecule is Cn1c(=O)c2c(ncn2CC(=O)Nc2cc(F)c(C(C)(F)F)c(F)c2)n(C)c1=O. The smallest absolute Gasteiger partial charge is 0.324 e. The van der Waals surface area contributed by atoms with Gasteiger partial charge in [-0.1, -0.05) is 0 Å². The summed E-state index contributed by atoms with van der Waals surface area (Å²) in [5.74, 6) is -7.55. The fourth-order valence-electron chi connectivity index (χ4n) is 2.94. The molecule has 2 heterocycles. The first-order chi connectivity index (χ1) is 13.4. The van der Waals surface area contributed by atoms with Crippen LogP contribution in [0.15, 0.2) is 28.0 Å². The number of carbonyl (C=O) groups is 1. The predicted octanol–water partition coefficient (Wildman–Crippen LogP) is 1.46. The number of rotatable bonds is 4. The molecule has 154 valence electrons. The van der Waals surface area contributed by atoms with Crippen LogP contribution in [0.4, 0.5) is 23.2 Å². The summed E-state index contributed by atoms with van der Waals surface area (Å²) in [5, 5.41) is 2.18. The first-order valence-electron chi connectivity index (χ1n) is 8.20. The normalized spacial score (nSPS) is 11.8. The fourth-order valence-corrected chi connectivity index (χ4v) is 2.94. The number of carbonyl (C=O) groups excluding carboxylic acids is 1. The number of halogens is 4. The largest absolute Gasteiger partial charge is 0.332 e. The average Bonchev–Trinajstić information content (AvgIpc) is 2.99. The molecule has 0 saturated carbocycles. The minimum atomic E-state index is -3.73. The first-order valence-corrected chi connectivity index (χ1v) is 8.20. The maximum absolute atomic E-state index is 13.9. The number of nitrogens with one attached hydrogen (secondary N) is 1. The van der Waals surface area contributed by atoms with Crippen LogP contribution < -0.4 is 16.6 Å². The van der Waals surface area contributed by atoms with Gasteiger partial charge in [-0.3, -0.25) is 18.7 Å². The Hall–Kier alpha value is -3.44. The summed E-state index contributed by atoms with van der Waals surface area (Å²) in [7, 11) is 2.66. The molecule has 12 heteroatoms. The summed E-state index contributed by atoms with van der Waals surface area (Å²) >= 11 is 0. The van der Waals surface area contributed by atoms with Gasteiger partial charge in [0.2, 0.25) is 5.91 Å². The Kier molecular flexibility index (Phi) is 4.81. The molecule has 8 nitrogen and oxygen atoms in total. The van der Waals surface area contributed by atoms with Gasteiger partial charge in [-0.25, -0.2) is 27.3 Å². The van der Waals surface area contributed by atoms with Gasteiger partial charge >= 0.3 is 5.69 Å². The molecule has 0 radical (unpaired) electrons. The van der Waals surface area contributed by atoms with E-state index in [1.165, 1.54) is 14.1 Å². The molecule has 1 aromatic carbocycles. The van der Waals surface area contributed by atoms with Crippen molar-refractivity contribution in [3.8, 4) is 0 Å². The minimum absolute atomic E-state index is 0.0249. The van der Waals surface area contributed by atoms with Crippen molar-refractivity contribution in [1.82, 2.24) is 18.7 Å². The fraction of sp³-hybridized carbons (Fsp3) is 0.294. The maximum Gasteiger partial charge on any atom is 0.332 e. The number of fused-ring (bicyclic) bond motifs is 1. The monoisotopic (exact) mass is 413 g/mol. The Bertz CT molecular complexity index is 1230. The average molecular weight is 413 g/mol. The van der Waals surface area contributed by atoms with Crippen molar-refractivity contribution in [1.29, 1.82) is 0 Å². The van der Waals surface area contributed by atoms with Gasteiger partial charge in [0.15, 0.2) is 11.2 Å². The van der Waals surface area contributed by atoms with Gasteiger partial charge < -0.3 is 9.88 Å². The molecule has 0 spiro atoms. The van der Waals surface area contributed by atoms with E-state index in [1.54, 1.807) is 0 Å². The van der Waals surface area contributed by atoms with E-state index in [0.29, 0.717) is 19.1 Å². The van der Waals surface area contributed by atoms with Crippen LogP contribution in [-0.2, 0) is 31.4 Å². The highest BCUT2D eigenvalue weighted by molar-refractivity contribution is 5.91. The van der Waals surface area contributed by atoms with E-state index in [1.807, 2.05) is 0 Å². The Morgan fingerprint density at radius 2 is 1.72 bits per heavy atom. The molecule has 0 saturated heterocycles. The van der Waals surface area contributed by atoms with Crippen LogP contribution in [0.3, 0.4) is 0 Å². The van der Waals surface area contributed by atoms with Crippen LogP contribution in [-0.4, -0.2) is 24.6 Å². The number of anilines is 1. The molecule has 0 atom stereocenters. The van der Waals surface area contributed by atoms with Crippen molar-refractivity contribution in [3.63, 3.8) is 0 Å². The summed E-state index contributed by atoms with van der Waals surface area (Å²) < 4.78 is 57.4. The van der Waals surface area contributed by atoms with Crippen molar-refractivity contribution >= 4 is 22.8 Å². The van der Waals surface area contributed by atoms with Crippen molar-refractivity contribution in [3.05, 3.63) is 56.5 Å². The lowest BCUT2D eigenvalue weighted by atomic mass is 10.1. The van der Waals surface area contributed by atoms with E-state index >= 15 is 0 Å². The summed E-state index contributed by atoms with van der Waals surface area (Å²) in [6.45, 7) is -0.121. The van der Waals surface area contributed by atoms with Crippen LogP contribution in [0.5, 0.6) is 0 Å². The van der Waals surface area contributed by atoms with Gasteiger partial charge in [-0.2, -0.15) is 0 Å². The van der Waals surface area contributed by atoms with Crippen molar-refractivity contribution < 1.29 is 22.4 Å². The highest BCUT2D eigenvalue weighted by Gasteiger charge is 2.32. The van der Waals surface area contributed by atoms with E-state index < -0.39 is 46.8 Å². The second-order valence-corrected chi connectivity index (χ2v) is 6.50. The van der Waals surface area contributed by atoms with Crippen molar-refractivity contribution in [2.75, 3.05) is 5.32 Å². The van der Waals surface area contributed by atoms with Gasteiger partial charge in [-0.15, -0.1) is 0 Å². The number of aryl methyl sites for hydroxylation is 1. The van der Waals surface area contributed by atoms with E-state index in [4.69, 9.17) is 0 Å². The molecular weight excluding hydrogens is 398 g/mol. The summed E-state index contributed by atoms with van der Waals surface area (Å²) in [6, 6.07) is 1.14. The Morgan fingerprint density at radius 1 is 1.14 bits per heavy atom. The van der Waals surface area contributed by atoms with Crippen LogP contribution in [0.1, 0.15) is 12.5 Å². The molecule has 0 bridgehead atoms. The number of hydrogen-bond acceptors (Lipinski definition) is 4. The quantitative estimate of drug-likeness (QED) is 0.656. The predicted molar refractivity (Wildman–Crippen MR) is 94.8 cm³/mol. The summed E-state index contributed by atoms with van der Waals surface area (Å²) in [5.41, 5.74) is -3.03. The van der Waals surface area contributed by atoms with Gasteiger partial charge in [0.25, 0.3) is 11.5 Å². The topological polar surface area (TPSA) is 90.9 Å². The van der Waals surface area contributed by atoms with E-state index in [9.17, 15) is 31.9 Å². The zero-order chi connectivity index (χ0) is 21.7. The third-order valence-electron chi connectivity index (χ3n) is 4.30. The second-order valence-electron chi connectivity index (χ2n) is 6.50. The zero-order valence-corrected chi connectivity index (χ0v) is 15.5. The van der Waals surface area contributed by atoms with Crippen molar-refractivity contribution in [2.45, 2.75) is 19.4 Å². The molecule has 0 unspecified atom stereocenters. The molecule has 0 aliphatic heterocycles. The number of alkyl halides is 2. The molecular formula is C17H15F4N5O3. The van der Waals surface area contributed by atoms with E-state index in [2.05, 4.69) is 10.3 Å². The Labute approximate surface area is 160 Å². The molecule has 0 aliphatic rings. The van der Waals surface area contributed by atoms with Crippen molar-refractivity contribution in [2.24, 2.45) is 14.1 Å². The van der Waals surface area contributed by atoms with Crippen LogP contribution in [0.2, 0.25) is 0 Å². The van der Waals surface area contributed by atoms with Gasteiger partial charge in [0, 0.05) is 26.7 Å². The maximum atomic E-state index is 13.9. The Balaban J connectivity index is 1.91. The second kappa shape index (κ2) is 6.87. The van der Waals surface area contributed by atoms with Crippen LogP contribution in [0.25, 0.3) is 11.2 Å². The molecule has 0 aliphatic carbocycles. The van der Waals surface area contributed by atoms with E-state index in [-0.39, 0.29) is 16.9 Å². The first kappa shape index (κ1) is 20.3. The molecule has 3 aromatic rings. The third-order valence-corrected chi connectivity index (χ3v) is 4.30. The number of amides is 1. The van der Waals surface area contributed by atoms with Gasteiger partial charge in [0.05, 0.1) is 11.9 Å². The molecule has 0 fully saturated rings. The van der Waals surface area contributed by atoms with Crippen LogP contribution in [0, 0.1) is 11.6 Å². The highest BCUT2D eigenvalue weighted by Crippen LogP contribution is 2.33.